The van der Waals surface area contributed by atoms with E-state index in [1.54, 1.807) is 42.5 Å². The second-order valence-corrected chi connectivity index (χ2v) is 6.38. The van der Waals surface area contributed by atoms with Crippen LogP contribution in [-0.4, -0.2) is 38.7 Å². The number of amides is 2. The van der Waals surface area contributed by atoms with Gasteiger partial charge in [-0.15, -0.1) is 0 Å². The number of carbonyl (C=O) groups is 2. The number of nitrogens with zero attached hydrogens (tertiary/aromatic N) is 1. The molecule has 0 unspecified atom stereocenters. The van der Waals surface area contributed by atoms with Crippen LogP contribution < -0.4 is 24.4 Å². The van der Waals surface area contributed by atoms with Gasteiger partial charge in [0.05, 0.1) is 26.0 Å². The molecule has 2 rings (SSSR count). The van der Waals surface area contributed by atoms with Crippen LogP contribution >= 0.6 is 0 Å². The highest BCUT2D eigenvalue weighted by Gasteiger charge is 2.20. The monoisotopic (exact) mass is 386 g/mol. The van der Waals surface area contributed by atoms with Gasteiger partial charge in [0.2, 0.25) is 11.8 Å². The molecule has 0 radical (unpaired) electrons. The second-order valence-electron chi connectivity index (χ2n) is 6.38. The van der Waals surface area contributed by atoms with E-state index in [2.05, 4.69) is 5.32 Å². The molecule has 0 aliphatic heterocycles. The summed E-state index contributed by atoms with van der Waals surface area (Å²) in [4.78, 5) is 26.0. The molecule has 2 aromatic carbocycles. The van der Waals surface area contributed by atoms with Crippen LogP contribution in [0.5, 0.6) is 17.2 Å². The van der Waals surface area contributed by atoms with Crippen molar-refractivity contribution in [2.45, 2.75) is 26.9 Å². The minimum absolute atomic E-state index is 0.0717. The molecule has 7 nitrogen and oxygen atoms in total. The highest BCUT2D eigenvalue weighted by Crippen LogP contribution is 2.32. The lowest BCUT2D eigenvalue weighted by Gasteiger charge is -2.23. The first-order valence-corrected chi connectivity index (χ1v) is 8.90. The maximum Gasteiger partial charge on any atom is 0.244 e. The molecule has 0 atom stereocenters. The summed E-state index contributed by atoms with van der Waals surface area (Å²) in [6, 6.07) is 12.1. The van der Waals surface area contributed by atoms with Crippen LogP contribution in [0, 0.1) is 0 Å². The summed E-state index contributed by atoms with van der Waals surface area (Å²) in [6.07, 6.45) is 0.0717. The summed E-state index contributed by atoms with van der Waals surface area (Å²) in [7, 11) is 3.04. The first-order valence-electron chi connectivity index (χ1n) is 8.90. The summed E-state index contributed by atoms with van der Waals surface area (Å²) in [5.74, 6) is 1.13. The van der Waals surface area contributed by atoms with Crippen LogP contribution in [0.15, 0.2) is 42.5 Å². The Morgan fingerprint density at radius 3 is 2.18 bits per heavy atom. The highest BCUT2D eigenvalue weighted by molar-refractivity contribution is 6.02. The van der Waals surface area contributed by atoms with Crippen LogP contribution in [0.3, 0.4) is 0 Å². The van der Waals surface area contributed by atoms with Crippen molar-refractivity contribution in [2.75, 3.05) is 31.0 Å². The van der Waals surface area contributed by atoms with Crippen molar-refractivity contribution in [2.24, 2.45) is 0 Å². The van der Waals surface area contributed by atoms with Gasteiger partial charge in [-0.1, -0.05) is 0 Å². The van der Waals surface area contributed by atoms with E-state index in [0.717, 1.165) is 5.75 Å². The Morgan fingerprint density at radius 1 is 1.00 bits per heavy atom. The molecular weight excluding hydrogens is 360 g/mol. The number of ether oxygens (including phenoxy) is 3. The van der Waals surface area contributed by atoms with E-state index in [0.29, 0.717) is 22.9 Å². The number of hydrogen-bond acceptors (Lipinski definition) is 5. The predicted molar refractivity (Wildman–Crippen MR) is 108 cm³/mol. The summed E-state index contributed by atoms with van der Waals surface area (Å²) in [6.45, 7) is 5.12. The number of methoxy groups -OCH3 is 2. The third-order valence-corrected chi connectivity index (χ3v) is 3.87. The molecule has 2 amide bonds. The van der Waals surface area contributed by atoms with Crippen LogP contribution in [0.2, 0.25) is 0 Å². The second kappa shape index (κ2) is 9.64. The van der Waals surface area contributed by atoms with E-state index in [1.807, 2.05) is 13.8 Å². The lowest BCUT2D eigenvalue weighted by atomic mass is 10.2. The Hall–Kier alpha value is -3.22. The third-order valence-electron chi connectivity index (χ3n) is 3.87. The molecule has 0 heterocycles. The van der Waals surface area contributed by atoms with E-state index in [9.17, 15) is 9.59 Å². The largest absolute Gasteiger partial charge is 0.497 e. The lowest BCUT2D eigenvalue weighted by Crippen LogP contribution is -2.36. The van der Waals surface area contributed by atoms with E-state index < -0.39 is 0 Å². The van der Waals surface area contributed by atoms with Crippen molar-refractivity contribution in [3.63, 3.8) is 0 Å². The zero-order chi connectivity index (χ0) is 20.7. The van der Waals surface area contributed by atoms with E-state index >= 15 is 0 Å². The van der Waals surface area contributed by atoms with Gasteiger partial charge >= 0.3 is 0 Å². The first-order chi connectivity index (χ1) is 13.3. The number of rotatable bonds is 8. The Labute approximate surface area is 165 Å². The third kappa shape index (κ3) is 5.64. The number of nitrogens with one attached hydrogen (secondary N) is 1. The topological polar surface area (TPSA) is 77.1 Å². The van der Waals surface area contributed by atoms with Gasteiger partial charge in [0.25, 0.3) is 0 Å². The van der Waals surface area contributed by atoms with Crippen LogP contribution in [0.4, 0.5) is 11.4 Å². The normalized spacial score (nSPS) is 10.4. The summed E-state index contributed by atoms with van der Waals surface area (Å²) in [5.41, 5.74) is 1.08. The van der Waals surface area contributed by atoms with Gasteiger partial charge in [0, 0.05) is 18.7 Å². The average Bonchev–Trinajstić information content (AvgIpc) is 2.66. The predicted octanol–water partition coefficient (Wildman–Crippen LogP) is 3.48. The Kier molecular flexibility index (Phi) is 7.26. The van der Waals surface area contributed by atoms with Crippen molar-refractivity contribution in [1.29, 1.82) is 0 Å². The summed E-state index contributed by atoms with van der Waals surface area (Å²) >= 11 is 0. The van der Waals surface area contributed by atoms with Crippen LogP contribution in [0.25, 0.3) is 0 Å². The summed E-state index contributed by atoms with van der Waals surface area (Å²) < 4.78 is 16.1. The minimum atomic E-state index is -0.336. The maximum atomic E-state index is 12.5. The molecule has 0 saturated carbocycles. The van der Waals surface area contributed by atoms with Crippen molar-refractivity contribution in [1.82, 2.24) is 0 Å². The molecule has 0 aromatic heterocycles. The number of hydrogen-bond donors (Lipinski definition) is 1. The quantitative estimate of drug-likeness (QED) is 0.752. The smallest absolute Gasteiger partial charge is 0.244 e. The van der Waals surface area contributed by atoms with Gasteiger partial charge in [-0.25, -0.2) is 0 Å². The van der Waals surface area contributed by atoms with E-state index in [-0.39, 0.29) is 24.5 Å². The Balaban J connectivity index is 2.14. The van der Waals surface area contributed by atoms with Gasteiger partial charge in [-0.2, -0.15) is 0 Å². The first kappa shape index (κ1) is 21.1. The number of carbonyl (C=O) groups excluding carboxylic acids is 2. The molecule has 1 N–H and O–H groups in total. The fourth-order valence-corrected chi connectivity index (χ4v) is 2.61. The summed E-state index contributed by atoms with van der Waals surface area (Å²) in [5, 5.41) is 2.78. The zero-order valence-corrected chi connectivity index (χ0v) is 16.8. The van der Waals surface area contributed by atoms with E-state index in [1.165, 1.54) is 26.0 Å². The fourth-order valence-electron chi connectivity index (χ4n) is 2.61. The number of benzene rings is 2. The zero-order valence-electron chi connectivity index (χ0n) is 16.8. The van der Waals surface area contributed by atoms with Gasteiger partial charge in [0.15, 0.2) is 0 Å². The molecule has 150 valence electrons. The SMILES string of the molecule is COc1ccc(OC)c(N(CC(=O)Nc2ccc(OC(C)C)cc2)C(C)=O)c1. The van der Waals surface area contributed by atoms with Gasteiger partial charge in [-0.05, 0) is 50.2 Å². The maximum absolute atomic E-state index is 12.5. The Morgan fingerprint density at radius 2 is 1.64 bits per heavy atom. The molecule has 28 heavy (non-hydrogen) atoms. The molecular formula is C21H26N2O5. The van der Waals surface area contributed by atoms with Gasteiger partial charge in [-0.3, -0.25) is 14.5 Å². The van der Waals surface area contributed by atoms with Crippen molar-refractivity contribution in [3.8, 4) is 17.2 Å². The molecule has 0 fully saturated rings. The molecule has 0 bridgehead atoms. The molecule has 0 spiro atoms. The van der Waals surface area contributed by atoms with Crippen molar-refractivity contribution in [3.05, 3.63) is 42.5 Å². The van der Waals surface area contributed by atoms with Gasteiger partial charge < -0.3 is 19.5 Å². The average molecular weight is 386 g/mol. The molecule has 7 heteroatoms. The van der Waals surface area contributed by atoms with Crippen LogP contribution in [0.1, 0.15) is 20.8 Å². The minimum Gasteiger partial charge on any atom is -0.497 e. The Bertz CT molecular complexity index is 818. The number of anilines is 2. The van der Waals surface area contributed by atoms with Crippen molar-refractivity contribution >= 4 is 23.2 Å². The van der Waals surface area contributed by atoms with Crippen molar-refractivity contribution < 1.29 is 23.8 Å². The highest BCUT2D eigenvalue weighted by atomic mass is 16.5. The fraction of sp³-hybridized carbons (Fsp3) is 0.333. The van der Waals surface area contributed by atoms with Crippen LogP contribution in [-0.2, 0) is 9.59 Å². The molecule has 0 aliphatic rings. The molecule has 0 aliphatic carbocycles. The van der Waals surface area contributed by atoms with Gasteiger partial charge in [0.1, 0.15) is 23.8 Å². The molecule has 0 saturated heterocycles. The lowest BCUT2D eigenvalue weighted by molar-refractivity contribution is -0.120. The molecule has 2 aromatic rings. The standard InChI is InChI=1S/C21H26N2O5/c1-14(2)28-17-8-6-16(7-9-17)22-21(25)13-23(15(3)24)19-12-18(26-4)10-11-20(19)27-5/h6-12,14H,13H2,1-5H3,(H,22,25). The van der Waals surface area contributed by atoms with E-state index in [4.69, 9.17) is 14.2 Å².